The Morgan fingerprint density at radius 3 is 1.95 bits per heavy atom. The van der Waals surface area contributed by atoms with Crippen molar-refractivity contribution in [3.8, 4) is 0 Å². The number of nitrogens with zero attached hydrogens (tertiary/aromatic N) is 2. The Kier molecular flexibility index (Phi) is 11.9. The summed E-state index contributed by atoms with van der Waals surface area (Å²) >= 11 is 0. The Balaban J connectivity index is 0. The molecule has 1 atom stereocenters. The zero-order valence-electron chi connectivity index (χ0n) is 13.9. The largest absolute Gasteiger partial charge is 0.346 e. The molecule has 0 saturated carbocycles. The van der Waals surface area contributed by atoms with Gasteiger partial charge in [-0.05, 0) is 19.8 Å². The fraction of sp³-hybridized carbons (Fsp3) is 0.857. The first-order valence-electron chi connectivity index (χ1n) is 7.38. The van der Waals surface area contributed by atoms with Crippen LogP contribution in [0.4, 0.5) is 0 Å². The number of carbonyl (C=O) groups excluding carboxylic acids is 2. The number of hydrogen-bond acceptors (Lipinski definition) is 4. The molecule has 2 amide bonds. The topological polar surface area (TPSA) is 78.7 Å². The number of amides is 2. The van der Waals surface area contributed by atoms with Crippen LogP contribution in [-0.4, -0.2) is 66.4 Å². The van der Waals surface area contributed by atoms with Gasteiger partial charge in [-0.15, -0.1) is 24.8 Å². The second-order valence-electron chi connectivity index (χ2n) is 6.00. The van der Waals surface area contributed by atoms with Crippen molar-refractivity contribution in [1.82, 2.24) is 15.1 Å². The Bertz CT molecular complexity index is 346. The van der Waals surface area contributed by atoms with Crippen LogP contribution in [0.5, 0.6) is 0 Å². The molecule has 1 aliphatic heterocycles. The van der Waals surface area contributed by atoms with E-state index in [9.17, 15) is 9.59 Å². The molecule has 0 spiro atoms. The number of hydrogen-bond donors (Lipinski definition) is 2. The molecule has 1 rings (SSSR count). The molecule has 0 bridgehead atoms. The van der Waals surface area contributed by atoms with E-state index in [4.69, 9.17) is 5.73 Å². The minimum Gasteiger partial charge on any atom is -0.346 e. The van der Waals surface area contributed by atoms with Crippen molar-refractivity contribution >= 4 is 36.6 Å². The first kappa shape index (κ1) is 23.7. The smallest absolute Gasteiger partial charge is 0.242 e. The van der Waals surface area contributed by atoms with Crippen LogP contribution in [0.2, 0.25) is 0 Å². The SMILES string of the molecule is CC(C)[C@H](N)C(=O)NCC(=O)N1CCN(C(C)C)CC1.Cl.Cl. The van der Waals surface area contributed by atoms with Gasteiger partial charge in [-0.1, -0.05) is 13.8 Å². The molecule has 1 fully saturated rings. The minimum absolute atomic E-state index is 0. The standard InChI is InChI=1S/C14H28N4O2.2ClH/c1-10(2)13(15)14(20)16-9-12(19)18-7-5-17(6-8-18)11(3)4;;/h10-11,13H,5-9,15H2,1-4H3,(H,16,20);2*1H/t13-;;/m0../s1. The van der Waals surface area contributed by atoms with Crippen molar-refractivity contribution in [3.05, 3.63) is 0 Å². The van der Waals surface area contributed by atoms with Gasteiger partial charge in [0.1, 0.15) is 0 Å². The van der Waals surface area contributed by atoms with Gasteiger partial charge < -0.3 is 16.0 Å². The van der Waals surface area contributed by atoms with E-state index in [1.165, 1.54) is 0 Å². The van der Waals surface area contributed by atoms with E-state index in [0.717, 1.165) is 26.2 Å². The Hall–Kier alpha value is -0.560. The van der Waals surface area contributed by atoms with Gasteiger partial charge in [0.2, 0.25) is 11.8 Å². The molecule has 1 aliphatic rings. The quantitative estimate of drug-likeness (QED) is 0.750. The van der Waals surface area contributed by atoms with Crippen LogP contribution in [0, 0.1) is 5.92 Å². The van der Waals surface area contributed by atoms with Crippen LogP contribution in [0.15, 0.2) is 0 Å². The van der Waals surface area contributed by atoms with E-state index in [2.05, 4.69) is 24.1 Å². The van der Waals surface area contributed by atoms with Crippen LogP contribution >= 0.6 is 24.8 Å². The third-order valence-corrected chi connectivity index (χ3v) is 3.83. The highest BCUT2D eigenvalue weighted by molar-refractivity contribution is 5.87. The lowest BCUT2D eigenvalue weighted by atomic mass is 10.1. The molecule has 0 radical (unpaired) electrons. The van der Waals surface area contributed by atoms with Crippen molar-refractivity contribution in [2.75, 3.05) is 32.7 Å². The summed E-state index contributed by atoms with van der Waals surface area (Å²) < 4.78 is 0. The number of carbonyl (C=O) groups is 2. The maximum atomic E-state index is 12.0. The summed E-state index contributed by atoms with van der Waals surface area (Å²) in [7, 11) is 0. The summed E-state index contributed by atoms with van der Waals surface area (Å²) in [6, 6.07) is -0.0448. The van der Waals surface area contributed by atoms with E-state index in [-0.39, 0.29) is 49.1 Å². The first-order chi connectivity index (χ1) is 9.32. The van der Waals surface area contributed by atoms with Crippen molar-refractivity contribution in [1.29, 1.82) is 0 Å². The van der Waals surface area contributed by atoms with E-state index < -0.39 is 6.04 Å². The Morgan fingerprint density at radius 2 is 1.55 bits per heavy atom. The van der Waals surface area contributed by atoms with Gasteiger partial charge in [-0.3, -0.25) is 14.5 Å². The molecule has 1 heterocycles. The van der Waals surface area contributed by atoms with Gasteiger partial charge in [0.05, 0.1) is 12.6 Å². The van der Waals surface area contributed by atoms with Crippen LogP contribution in [0.3, 0.4) is 0 Å². The Morgan fingerprint density at radius 1 is 1.05 bits per heavy atom. The third-order valence-electron chi connectivity index (χ3n) is 3.83. The highest BCUT2D eigenvalue weighted by atomic mass is 35.5. The number of nitrogens with two attached hydrogens (primary N) is 1. The maximum absolute atomic E-state index is 12.0. The lowest BCUT2D eigenvalue weighted by molar-refractivity contribution is -0.135. The molecule has 22 heavy (non-hydrogen) atoms. The molecular formula is C14H30Cl2N4O2. The molecule has 8 heteroatoms. The second kappa shape index (κ2) is 11.0. The number of rotatable bonds is 5. The molecule has 132 valence electrons. The van der Waals surface area contributed by atoms with Crippen LogP contribution in [0.1, 0.15) is 27.7 Å². The van der Waals surface area contributed by atoms with Gasteiger partial charge in [0, 0.05) is 32.2 Å². The molecule has 0 aromatic heterocycles. The van der Waals surface area contributed by atoms with Gasteiger partial charge in [-0.2, -0.15) is 0 Å². The molecular weight excluding hydrogens is 327 g/mol. The minimum atomic E-state index is -0.555. The normalized spacial score (nSPS) is 16.8. The average molecular weight is 357 g/mol. The summed E-state index contributed by atoms with van der Waals surface area (Å²) in [4.78, 5) is 27.9. The van der Waals surface area contributed by atoms with E-state index in [0.29, 0.717) is 6.04 Å². The van der Waals surface area contributed by atoms with Crippen LogP contribution in [0.25, 0.3) is 0 Å². The first-order valence-corrected chi connectivity index (χ1v) is 7.38. The highest BCUT2D eigenvalue weighted by Crippen LogP contribution is 2.05. The van der Waals surface area contributed by atoms with Crippen molar-refractivity contribution in [3.63, 3.8) is 0 Å². The zero-order valence-corrected chi connectivity index (χ0v) is 15.5. The van der Waals surface area contributed by atoms with E-state index in [1.54, 1.807) is 4.90 Å². The van der Waals surface area contributed by atoms with Gasteiger partial charge >= 0.3 is 0 Å². The van der Waals surface area contributed by atoms with E-state index >= 15 is 0 Å². The van der Waals surface area contributed by atoms with E-state index in [1.807, 2.05) is 13.8 Å². The second-order valence-corrected chi connectivity index (χ2v) is 6.00. The molecule has 6 nitrogen and oxygen atoms in total. The molecule has 0 unspecified atom stereocenters. The molecule has 3 N–H and O–H groups in total. The van der Waals surface area contributed by atoms with Gasteiger partial charge in [-0.25, -0.2) is 0 Å². The van der Waals surface area contributed by atoms with Crippen molar-refractivity contribution in [2.45, 2.75) is 39.8 Å². The summed E-state index contributed by atoms with van der Waals surface area (Å²) in [6.45, 7) is 11.4. The lowest BCUT2D eigenvalue weighted by Gasteiger charge is -2.37. The van der Waals surface area contributed by atoms with Crippen LogP contribution < -0.4 is 11.1 Å². The summed E-state index contributed by atoms with van der Waals surface area (Å²) in [5, 5.41) is 2.63. The third kappa shape index (κ3) is 7.13. The molecule has 0 aromatic rings. The lowest BCUT2D eigenvalue weighted by Crippen LogP contribution is -2.53. The average Bonchev–Trinajstić information content (AvgIpc) is 2.43. The summed E-state index contributed by atoms with van der Waals surface area (Å²) in [5.74, 6) is -0.216. The number of piperazine rings is 1. The molecule has 0 aromatic carbocycles. The highest BCUT2D eigenvalue weighted by Gasteiger charge is 2.23. The predicted octanol–water partition coefficient (Wildman–Crippen LogP) is 0.482. The van der Waals surface area contributed by atoms with Crippen molar-refractivity contribution < 1.29 is 9.59 Å². The molecule has 0 aliphatic carbocycles. The van der Waals surface area contributed by atoms with Crippen molar-refractivity contribution in [2.24, 2.45) is 11.7 Å². The Labute approximate surface area is 146 Å². The van der Waals surface area contributed by atoms with Gasteiger partial charge in [0.15, 0.2) is 0 Å². The number of halogens is 2. The predicted molar refractivity (Wildman–Crippen MR) is 93.6 cm³/mol. The van der Waals surface area contributed by atoms with Crippen LogP contribution in [-0.2, 0) is 9.59 Å². The zero-order chi connectivity index (χ0) is 15.3. The van der Waals surface area contributed by atoms with Gasteiger partial charge in [0.25, 0.3) is 0 Å². The number of nitrogens with one attached hydrogen (secondary N) is 1. The summed E-state index contributed by atoms with van der Waals surface area (Å²) in [6.07, 6.45) is 0. The fourth-order valence-electron chi connectivity index (χ4n) is 2.18. The maximum Gasteiger partial charge on any atom is 0.242 e. The monoisotopic (exact) mass is 356 g/mol. The molecule has 1 saturated heterocycles. The fourth-order valence-corrected chi connectivity index (χ4v) is 2.18. The summed E-state index contributed by atoms with van der Waals surface area (Å²) in [5.41, 5.74) is 5.73.